The molecule has 3 aromatic carbocycles. The highest BCUT2D eigenvalue weighted by atomic mass is 35.5. The Morgan fingerprint density at radius 1 is 0.837 bits per heavy atom. The first-order valence-corrected chi connectivity index (χ1v) is 15.8. The van der Waals surface area contributed by atoms with Crippen molar-refractivity contribution in [2.45, 2.75) is 50.4 Å². The number of hydrogen-bond donors (Lipinski definition) is 0. The zero-order valence-electron chi connectivity index (χ0n) is 25.1. The molecule has 43 heavy (non-hydrogen) atoms. The van der Waals surface area contributed by atoms with Crippen molar-refractivity contribution in [1.29, 1.82) is 0 Å². The van der Waals surface area contributed by atoms with Gasteiger partial charge in [0.2, 0.25) is 11.8 Å². The fourth-order valence-electron chi connectivity index (χ4n) is 7.12. The van der Waals surface area contributed by atoms with Crippen LogP contribution >= 0.6 is 12.4 Å². The second-order valence-electron chi connectivity index (χ2n) is 12.3. The monoisotopic (exact) mass is 597 g/mol. The van der Waals surface area contributed by atoms with E-state index in [4.69, 9.17) is 0 Å². The highest BCUT2D eigenvalue weighted by Crippen LogP contribution is 2.43. The first-order chi connectivity index (χ1) is 20.6. The number of amides is 2. The lowest BCUT2D eigenvalue weighted by atomic mass is 9.74. The fourth-order valence-corrected chi connectivity index (χ4v) is 7.12. The van der Waals surface area contributed by atoms with Gasteiger partial charge in [-0.15, -0.1) is 12.4 Å². The Hall–Kier alpha value is -3.41. The van der Waals surface area contributed by atoms with Crippen LogP contribution in [0, 0.1) is 5.92 Å². The first-order valence-electron chi connectivity index (χ1n) is 15.8. The van der Waals surface area contributed by atoms with Crippen LogP contribution in [0.15, 0.2) is 91.0 Å². The predicted molar refractivity (Wildman–Crippen MR) is 178 cm³/mol. The summed E-state index contributed by atoms with van der Waals surface area (Å²) in [6.07, 6.45) is 11.3. The standard InChI is InChI=1S/C37H43N3O2.ClH/c41-35-28-32(29-39(35)24-10-9-14-30-12-3-1-4-13-30)36(42)40(33-16-5-2-6-17-33)25-11-23-38-26-21-37(22-27-38)20-19-31-15-7-8-18-34(31)37;/h1-8,12-13,15-20,32H,9-11,14,21-29H2;1H. The van der Waals surface area contributed by atoms with E-state index in [1.54, 1.807) is 0 Å². The second kappa shape index (κ2) is 14.4. The number of aryl methyl sites for hydroxylation is 1. The number of anilines is 1. The number of likely N-dealkylation sites (tertiary alicyclic amines) is 2. The van der Waals surface area contributed by atoms with Crippen molar-refractivity contribution in [1.82, 2.24) is 9.80 Å². The Morgan fingerprint density at radius 3 is 2.30 bits per heavy atom. The van der Waals surface area contributed by atoms with Crippen molar-refractivity contribution in [3.63, 3.8) is 0 Å². The van der Waals surface area contributed by atoms with E-state index in [0.29, 0.717) is 19.5 Å². The molecule has 226 valence electrons. The molecule has 5 nitrogen and oxygen atoms in total. The fraction of sp³-hybridized carbons (Fsp3) is 0.405. The van der Waals surface area contributed by atoms with Crippen LogP contribution in [0.4, 0.5) is 5.69 Å². The molecule has 3 aliphatic rings. The number of para-hydroxylation sites is 1. The van der Waals surface area contributed by atoms with E-state index in [1.165, 1.54) is 16.7 Å². The van der Waals surface area contributed by atoms with Crippen LogP contribution in [0.5, 0.6) is 0 Å². The van der Waals surface area contributed by atoms with Crippen LogP contribution in [0.1, 0.15) is 55.2 Å². The van der Waals surface area contributed by atoms with Gasteiger partial charge >= 0.3 is 0 Å². The topological polar surface area (TPSA) is 43.9 Å². The molecule has 0 aromatic heterocycles. The van der Waals surface area contributed by atoms with Crippen molar-refractivity contribution in [3.8, 4) is 0 Å². The number of halogens is 1. The molecule has 1 aliphatic carbocycles. The minimum atomic E-state index is -0.268. The molecule has 0 radical (unpaired) electrons. The van der Waals surface area contributed by atoms with E-state index in [0.717, 1.165) is 70.4 Å². The molecule has 1 atom stereocenters. The van der Waals surface area contributed by atoms with Crippen LogP contribution in [-0.4, -0.2) is 60.9 Å². The predicted octanol–water partition coefficient (Wildman–Crippen LogP) is 6.76. The molecule has 0 saturated carbocycles. The maximum atomic E-state index is 13.8. The van der Waals surface area contributed by atoms with E-state index in [9.17, 15) is 9.59 Å². The summed E-state index contributed by atoms with van der Waals surface area (Å²) in [6, 6.07) is 29.3. The number of benzene rings is 3. The number of allylic oxidation sites excluding steroid dienone is 1. The molecule has 2 fully saturated rings. The number of carbonyl (C=O) groups is 2. The summed E-state index contributed by atoms with van der Waals surface area (Å²) in [5.41, 5.74) is 5.32. The highest BCUT2D eigenvalue weighted by Gasteiger charge is 2.38. The lowest BCUT2D eigenvalue weighted by molar-refractivity contribution is -0.128. The Balaban J connectivity index is 0.00000368. The van der Waals surface area contributed by atoms with Gasteiger partial charge < -0.3 is 14.7 Å². The number of unbranched alkanes of at least 4 members (excludes halogenated alkanes) is 1. The zero-order valence-corrected chi connectivity index (χ0v) is 25.9. The Morgan fingerprint density at radius 2 is 1.53 bits per heavy atom. The van der Waals surface area contributed by atoms with Gasteiger partial charge in [0.25, 0.3) is 0 Å². The highest BCUT2D eigenvalue weighted by molar-refractivity contribution is 5.99. The largest absolute Gasteiger partial charge is 0.342 e. The summed E-state index contributed by atoms with van der Waals surface area (Å²) in [5, 5.41) is 0. The maximum absolute atomic E-state index is 13.8. The average Bonchev–Trinajstić information content (AvgIpc) is 3.59. The first kappa shape index (κ1) is 31.0. The third kappa shape index (κ3) is 7.22. The van der Waals surface area contributed by atoms with E-state index >= 15 is 0 Å². The van der Waals surface area contributed by atoms with Crippen LogP contribution in [0.25, 0.3) is 6.08 Å². The molecule has 2 heterocycles. The van der Waals surface area contributed by atoms with Gasteiger partial charge in [0.05, 0.1) is 5.92 Å². The molecule has 3 aromatic rings. The molecule has 0 bridgehead atoms. The van der Waals surface area contributed by atoms with Crippen LogP contribution in [-0.2, 0) is 21.4 Å². The summed E-state index contributed by atoms with van der Waals surface area (Å²) < 4.78 is 0. The number of hydrogen-bond acceptors (Lipinski definition) is 3. The summed E-state index contributed by atoms with van der Waals surface area (Å²) in [7, 11) is 0. The van der Waals surface area contributed by atoms with Crippen molar-refractivity contribution < 1.29 is 9.59 Å². The number of carbonyl (C=O) groups excluding carboxylic acids is 2. The van der Waals surface area contributed by atoms with Gasteiger partial charge in [-0.05, 0) is 87.0 Å². The molecule has 2 aliphatic heterocycles. The van der Waals surface area contributed by atoms with Crippen LogP contribution in [0.2, 0.25) is 0 Å². The number of fused-ring (bicyclic) bond motifs is 2. The molecule has 2 saturated heterocycles. The van der Waals surface area contributed by atoms with Crippen molar-refractivity contribution in [2.24, 2.45) is 5.92 Å². The lowest BCUT2D eigenvalue weighted by Gasteiger charge is -2.39. The molecule has 2 amide bonds. The summed E-state index contributed by atoms with van der Waals surface area (Å²) >= 11 is 0. The minimum absolute atomic E-state index is 0. The Kier molecular flexibility index (Phi) is 10.4. The van der Waals surface area contributed by atoms with E-state index in [2.05, 4.69) is 65.6 Å². The second-order valence-corrected chi connectivity index (χ2v) is 12.3. The van der Waals surface area contributed by atoms with Crippen molar-refractivity contribution in [2.75, 3.05) is 44.2 Å². The smallest absolute Gasteiger partial charge is 0.232 e. The van der Waals surface area contributed by atoms with E-state index in [-0.39, 0.29) is 35.6 Å². The summed E-state index contributed by atoms with van der Waals surface area (Å²) in [4.78, 5) is 33.1. The Bertz CT molecular complexity index is 1390. The molecule has 6 rings (SSSR count). The van der Waals surface area contributed by atoms with Gasteiger partial charge in [0.1, 0.15) is 0 Å². The van der Waals surface area contributed by atoms with Gasteiger partial charge in [-0.25, -0.2) is 0 Å². The third-order valence-electron chi connectivity index (χ3n) is 9.57. The van der Waals surface area contributed by atoms with Crippen molar-refractivity contribution >= 4 is 36.0 Å². The molecular weight excluding hydrogens is 554 g/mol. The lowest BCUT2D eigenvalue weighted by Crippen LogP contribution is -2.43. The SMILES string of the molecule is Cl.O=C1CC(C(=O)N(CCCN2CCC3(C=Cc4ccccc43)CC2)c2ccccc2)CN1CCCCc1ccccc1. The van der Waals surface area contributed by atoms with Gasteiger partial charge in [-0.2, -0.15) is 0 Å². The number of piperidine rings is 1. The summed E-state index contributed by atoms with van der Waals surface area (Å²) in [5.74, 6) is -0.0617. The molecular formula is C37H44ClN3O2. The van der Waals surface area contributed by atoms with E-state index in [1.807, 2.05) is 46.2 Å². The Labute approximate surface area is 263 Å². The molecule has 1 spiro atoms. The summed E-state index contributed by atoms with van der Waals surface area (Å²) in [6.45, 7) is 5.08. The van der Waals surface area contributed by atoms with Crippen molar-refractivity contribution in [3.05, 3.63) is 108 Å². The minimum Gasteiger partial charge on any atom is -0.342 e. The van der Waals surface area contributed by atoms with Gasteiger partial charge in [-0.1, -0.05) is 84.9 Å². The third-order valence-corrected chi connectivity index (χ3v) is 9.57. The molecule has 6 heteroatoms. The molecule has 1 unspecified atom stereocenters. The number of rotatable bonds is 11. The maximum Gasteiger partial charge on any atom is 0.232 e. The zero-order chi connectivity index (χ0) is 28.8. The van der Waals surface area contributed by atoms with Gasteiger partial charge in [0.15, 0.2) is 0 Å². The van der Waals surface area contributed by atoms with Gasteiger partial charge in [-0.3, -0.25) is 9.59 Å². The quantitative estimate of drug-likeness (QED) is 0.229. The van der Waals surface area contributed by atoms with Gasteiger partial charge in [0, 0.05) is 37.2 Å². The molecule has 0 N–H and O–H groups in total. The average molecular weight is 598 g/mol. The van der Waals surface area contributed by atoms with Crippen LogP contribution in [0.3, 0.4) is 0 Å². The normalized spacial score (nSPS) is 18.9. The van der Waals surface area contributed by atoms with Crippen LogP contribution < -0.4 is 4.90 Å². The van der Waals surface area contributed by atoms with E-state index < -0.39 is 0 Å². The number of nitrogens with zero attached hydrogens (tertiary/aromatic N) is 3.